The van der Waals surface area contributed by atoms with Gasteiger partial charge in [0.15, 0.2) is 9.84 Å². The van der Waals surface area contributed by atoms with Crippen LogP contribution in [0.15, 0.2) is 24.3 Å². The summed E-state index contributed by atoms with van der Waals surface area (Å²) >= 11 is 0. The summed E-state index contributed by atoms with van der Waals surface area (Å²) in [6.07, 6.45) is 0.123. The van der Waals surface area contributed by atoms with Gasteiger partial charge in [-0.3, -0.25) is 4.72 Å². The number of sulfonamides is 1. The van der Waals surface area contributed by atoms with Crippen molar-refractivity contribution in [1.29, 1.82) is 0 Å². The Morgan fingerprint density at radius 1 is 1.30 bits per heavy atom. The third kappa shape index (κ3) is 2.50. The number of anilines is 1. The summed E-state index contributed by atoms with van der Waals surface area (Å²) in [6.45, 7) is 0. The Labute approximate surface area is 116 Å². The molecule has 20 heavy (non-hydrogen) atoms. The van der Waals surface area contributed by atoms with Crippen molar-refractivity contribution < 1.29 is 16.8 Å². The maximum Gasteiger partial charge on any atom is 0.238 e. The van der Waals surface area contributed by atoms with E-state index in [1.807, 2.05) is 6.07 Å². The second kappa shape index (κ2) is 4.45. The number of imidazole rings is 1. The van der Waals surface area contributed by atoms with Crippen LogP contribution in [0.4, 0.5) is 5.95 Å². The predicted molar refractivity (Wildman–Crippen MR) is 75.7 cm³/mol. The van der Waals surface area contributed by atoms with Gasteiger partial charge in [-0.25, -0.2) is 21.8 Å². The number of hydrogen-bond donors (Lipinski definition) is 2. The molecule has 3 rings (SSSR count). The standard InChI is InChI=1S/C11H13N3O4S2/c15-19(16)6-5-8(7-19)20(17,18)14-11-12-9-3-1-2-4-10(9)13-11/h1-4,8H,5-7H2,(H2,12,13,14). The van der Waals surface area contributed by atoms with Crippen molar-refractivity contribution in [3.8, 4) is 0 Å². The fourth-order valence-electron chi connectivity index (χ4n) is 2.22. The van der Waals surface area contributed by atoms with E-state index in [1.54, 1.807) is 18.2 Å². The molecule has 0 radical (unpaired) electrons. The molecule has 1 aromatic heterocycles. The summed E-state index contributed by atoms with van der Waals surface area (Å²) in [7, 11) is -7.00. The molecule has 108 valence electrons. The maximum absolute atomic E-state index is 12.1. The lowest BCUT2D eigenvalue weighted by molar-refractivity contribution is 0.587. The van der Waals surface area contributed by atoms with Gasteiger partial charge in [-0.1, -0.05) is 12.1 Å². The van der Waals surface area contributed by atoms with Gasteiger partial charge in [0.25, 0.3) is 0 Å². The van der Waals surface area contributed by atoms with Gasteiger partial charge in [-0.15, -0.1) is 0 Å². The minimum atomic E-state index is -3.75. The highest BCUT2D eigenvalue weighted by Crippen LogP contribution is 2.21. The fraction of sp³-hybridized carbons (Fsp3) is 0.364. The molecule has 7 nitrogen and oxygen atoms in total. The van der Waals surface area contributed by atoms with E-state index < -0.39 is 25.1 Å². The van der Waals surface area contributed by atoms with Gasteiger partial charge in [0.2, 0.25) is 16.0 Å². The van der Waals surface area contributed by atoms with Crippen molar-refractivity contribution in [3.05, 3.63) is 24.3 Å². The second-order valence-electron chi connectivity index (χ2n) is 4.77. The number of rotatable bonds is 3. The first-order valence-corrected chi connectivity index (χ1v) is 9.39. The molecule has 0 spiro atoms. The molecule has 2 heterocycles. The Kier molecular flexibility index (Phi) is 2.98. The molecule has 1 atom stereocenters. The Morgan fingerprint density at radius 2 is 2.05 bits per heavy atom. The third-order valence-corrected chi connectivity index (χ3v) is 6.99. The lowest BCUT2D eigenvalue weighted by Gasteiger charge is -2.09. The van der Waals surface area contributed by atoms with Crippen molar-refractivity contribution in [2.75, 3.05) is 16.2 Å². The van der Waals surface area contributed by atoms with Crippen LogP contribution in [0, 0.1) is 0 Å². The van der Waals surface area contributed by atoms with Gasteiger partial charge < -0.3 is 4.98 Å². The largest absolute Gasteiger partial charge is 0.323 e. The quantitative estimate of drug-likeness (QED) is 0.857. The topological polar surface area (TPSA) is 109 Å². The molecular formula is C11H13N3O4S2. The molecule has 1 unspecified atom stereocenters. The first-order valence-electron chi connectivity index (χ1n) is 6.02. The molecule has 1 aliphatic rings. The van der Waals surface area contributed by atoms with Crippen molar-refractivity contribution in [2.24, 2.45) is 0 Å². The van der Waals surface area contributed by atoms with Crippen LogP contribution in [0.1, 0.15) is 6.42 Å². The van der Waals surface area contributed by atoms with Crippen molar-refractivity contribution in [2.45, 2.75) is 11.7 Å². The number of H-pyrrole nitrogens is 1. The Hall–Kier alpha value is -1.61. The summed E-state index contributed by atoms with van der Waals surface area (Å²) in [4.78, 5) is 6.96. The molecule has 1 saturated heterocycles. The minimum Gasteiger partial charge on any atom is -0.323 e. The Balaban J connectivity index is 1.86. The van der Waals surface area contributed by atoms with Gasteiger partial charge in [0.1, 0.15) is 0 Å². The zero-order valence-corrected chi connectivity index (χ0v) is 12.0. The number of sulfone groups is 1. The molecule has 0 aliphatic carbocycles. The Bertz CT molecular complexity index is 822. The van der Waals surface area contributed by atoms with Crippen LogP contribution in [0.25, 0.3) is 11.0 Å². The van der Waals surface area contributed by atoms with Gasteiger partial charge >= 0.3 is 0 Å². The van der Waals surface area contributed by atoms with Crippen LogP contribution in [0.5, 0.6) is 0 Å². The van der Waals surface area contributed by atoms with E-state index in [4.69, 9.17) is 0 Å². The molecule has 0 saturated carbocycles. The number of aromatic nitrogens is 2. The molecule has 9 heteroatoms. The van der Waals surface area contributed by atoms with E-state index in [9.17, 15) is 16.8 Å². The van der Waals surface area contributed by atoms with E-state index in [1.165, 1.54) is 0 Å². The molecule has 1 fully saturated rings. The van der Waals surface area contributed by atoms with Gasteiger partial charge in [0, 0.05) is 0 Å². The van der Waals surface area contributed by atoms with Crippen molar-refractivity contribution in [1.82, 2.24) is 9.97 Å². The number of benzene rings is 1. The highest BCUT2D eigenvalue weighted by molar-refractivity contribution is 7.97. The van der Waals surface area contributed by atoms with Crippen LogP contribution in [0.3, 0.4) is 0 Å². The van der Waals surface area contributed by atoms with Crippen LogP contribution in [-0.4, -0.2) is 43.6 Å². The van der Waals surface area contributed by atoms with Gasteiger partial charge in [-0.05, 0) is 18.6 Å². The molecule has 2 N–H and O–H groups in total. The molecule has 0 amide bonds. The Morgan fingerprint density at radius 3 is 2.70 bits per heavy atom. The minimum absolute atomic E-state index is 0.0846. The van der Waals surface area contributed by atoms with E-state index in [-0.39, 0.29) is 23.9 Å². The van der Waals surface area contributed by atoms with Crippen LogP contribution in [0.2, 0.25) is 0 Å². The average molecular weight is 315 g/mol. The summed E-state index contributed by atoms with van der Waals surface area (Å²) in [5.41, 5.74) is 1.36. The summed E-state index contributed by atoms with van der Waals surface area (Å²) in [6, 6.07) is 7.14. The van der Waals surface area contributed by atoms with Crippen LogP contribution in [-0.2, 0) is 19.9 Å². The molecule has 2 aromatic rings. The normalized spacial score (nSPS) is 22.1. The van der Waals surface area contributed by atoms with Gasteiger partial charge in [-0.2, -0.15) is 0 Å². The number of aromatic amines is 1. The van der Waals surface area contributed by atoms with Crippen LogP contribution >= 0.6 is 0 Å². The SMILES string of the molecule is O=S1(=O)CCC(S(=O)(=O)Nc2nc3ccccc3[nH]2)C1. The van der Waals surface area contributed by atoms with E-state index in [0.717, 1.165) is 0 Å². The highest BCUT2D eigenvalue weighted by Gasteiger charge is 2.37. The lowest BCUT2D eigenvalue weighted by atomic mass is 10.3. The summed E-state index contributed by atoms with van der Waals surface area (Å²) in [5, 5.41) is -0.916. The predicted octanol–water partition coefficient (Wildman–Crippen LogP) is 0.492. The van der Waals surface area contributed by atoms with E-state index in [0.29, 0.717) is 11.0 Å². The summed E-state index contributed by atoms with van der Waals surface area (Å²) < 4.78 is 49.3. The smallest absolute Gasteiger partial charge is 0.238 e. The number of nitrogens with one attached hydrogen (secondary N) is 2. The van der Waals surface area contributed by atoms with Crippen LogP contribution < -0.4 is 4.72 Å². The molecule has 1 aromatic carbocycles. The van der Waals surface area contributed by atoms with E-state index in [2.05, 4.69) is 14.7 Å². The van der Waals surface area contributed by atoms with Crippen molar-refractivity contribution >= 4 is 36.8 Å². The zero-order valence-electron chi connectivity index (χ0n) is 10.4. The highest BCUT2D eigenvalue weighted by atomic mass is 32.2. The fourth-order valence-corrected chi connectivity index (χ4v) is 6.22. The first kappa shape index (κ1) is 13.4. The monoisotopic (exact) mass is 315 g/mol. The second-order valence-corrected chi connectivity index (χ2v) is 8.96. The third-order valence-electron chi connectivity index (χ3n) is 3.26. The lowest BCUT2D eigenvalue weighted by Crippen LogP contribution is -2.29. The number of nitrogens with zero attached hydrogens (tertiary/aromatic N) is 1. The first-order chi connectivity index (χ1) is 9.36. The molecular weight excluding hydrogens is 302 g/mol. The summed E-state index contributed by atoms with van der Waals surface area (Å²) in [5.74, 6) is -0.308. The van der Waals surface area contributed by atoms with Gasteiger partial charge in [0.05, 0.1) is 27.8 Å². The zero-order chi connectivity index (χ0) is 14.4. The number of fused-ring (bicyclic) bond motifs is 1. The maximum atomic E-state index is 12.1. The number of para-hydroxylation sites is 2. The number of hydrogen-bond acceptors (Lipinski definition) is 5. The molecule has 1 aliphatic heterocycles. The molecule has 0 bridgehead atoms. The van der Waals surface area contributed by atoms with Crippen molar-refractivity contribution in [3.63, 3.8) is 0 Å². The van der Waals surface area contributed by atoms with E-state index >= 15 is 0 Å². The average Bonchev–Trinajstić information content (AvgIpc) is 2.91.